The molecule has 0 atom stereocenters. The summed E-state index contributed by atoms with van der Waals surface area (Å²) in [5, 5.41) is 10.6. The Bertz CT molecular complexity index is 962. The molecule has 186 valence electrons. The molecule has 0 saturated carbocycles. The number of benzene rings is 1. The molecule has 2 aromatic rings. The molecular weight excluding hydrogens is 430 g/mol. The van der Waals surface area contributed by atoms with E-state index in [4.69, 9.17) is 0 Å². The van der Waals surface area contributed by atoms with Crippen LogP contribution >= 0.6 is 0 Å². The zero-order valence-corrected chi connectivity index (χ0v) is 21.0. The van der Waals surface area contributed by atoms with Crippen molar-refractivity contribution < 1.29 is 0 Å². The molecule has 5 nitrogen and oxygen atoms in total. The minimum Gasteiger partial charge on any atom is -0.387 e. The van der Waals surface area contributed by atoms with Crippen molar-refractivity contribution in [3.63, 3.8) is 0 Å². The van der Waals surface area contributed by atoms with Crippen molar-refractivity contribution in [2.45, 2.75) is 58.2 Å². The highest BCUT2D eigenvalue weighted by Gasteiger charge is 2.10. The summed E-state index contributed by atoms with van der Waals surface area (Å²) in [5.41, 5.74) is 6.56. The number of pyridine rings is 1. The maximum atomic E-state index is 4.38. The van der Waals surface area contributed by atoms with Crippen molar-refractivity contribution in [1.82, 2.24) is 25.8 Å². The molecule has 35 heavy (non-hydrogen) atoms. The lowest BCUT2D eigenvalue weighted by Gasteiger charge is -2.25. The van der Waals surface area contributed by atoms with E-state index >= 15 is 0 Å². The van der Waals surface area contributed by atoms with Gasteiger partial charge in [-0.1, -0.05) is 55.3 Å². The average Bonchev–Trinajstić information content (AvgIpc) is 2.88. The highest BCUT2D eigenvalue weighted by atomic mass is 15.1. The second kappa shape index (κ2) is 14.5. The highest BCUT2D eigenvalue weighted by molar-refractivity contribution is 5.29. The number of nitrogens with zero attached hydrogens (tertiary/aromatic N) is 2. The Labute approximate surface area is 211 Å². The summed E-state index contributed by atoms with van der Waals surface area (Å²) in [5.74, 6) is 0. The maximum absolute atomic E-state index is 4.38. The standard InChI is InChI=1S/C30H41N5/c1-2-4-7-15-31-17-18-35(25-29-19-28(9-5-3-1)21-32-22-29)24-27-13-11-26(12-14-27)20-33-23-30-10-6-8-16-34-30/h5-6,8-14,16,21,25,31-33H,1-4,7,15,17-20,22-24H2/b9-5-,29-25-. The van der Waals surface area contributed by atoms with Gasteiger partial charge >= 0.3 is 0 Å². The van der Waals surface area contributed by atoms with Crippen LogP contribution in [0.15, 0.2) is 84.4 Å². The summed E-state index contributed by atoms with van der Waals surface area (Å²) >= 11 is 0. The largest absolute Gasteiger partial charge is 0.387 e. The van der Waals surface area contributed by atoms with E-state index in [9.17, 15) is 0 Å². The number of nitrogens with one attached hydrogen (secondary N) is 3. The van der Waals surface area contributed by atoms with Gasteiger partial charge in [0, 0.05) is 57.9 Å². The molecular formula is C30H41N5. The van der Waals surface area contributed by atoms with Crippen LogP contribution in [0.4, 0.5) is 0 Å². The third-order valence-electron chi connectivity index (χ3n) is 6.57. The Balaban J connectivity index is 1.34. The van der Waals surface area contributed by atoms with Gasteiger partial charge in [-0.3, -0.25) is 4.98 Å². The van der Waals surface area contributed by atoms with Crippen LogP contribution in [0.1, 0.15) is 55.3 Å². The lowest BCUT2D eigenvalue weighted by molar-refractivity contribution is 0.359. The topological polar surface area (TPSA) is 52.2 Å². The third-order valence-corrected chi connectivity index (χ3v) is 6.57. The van der Waals surface area contributed by atoms with Crippen LogP contribution in [0.2, 0.25) is 0 Å². The summed E-state index contributed by atoms with van der Waals surface area (Å²) in [7, 11) is 0. The lowest BCUT2D eigenvalue weighted by atomic mass is 10.0. The molecule has 3 N–H and O–H groups in total. The average molecular weight is 472 g/mol. The number of allylic oxidation sites excluding steroid dienone is 3. The van der Waals surface area contributed by atoms with Crippen molar-refractivity contribution in [3.05, 3.63) is 101 Å². The van der Waals surface area contributed by atoms with Gasteiger partial charge in [-0.2, -0.15) is 0 Å². The van der Waals surface area contributed by atoms with Crippen LogP contribution in [-0.2, 0) is 19.6 Å². The van der Waals surface area contributed by atoms with E-state index in [0.717, 1.165) is 57.9 Å². The first-order chi connectivity index (χ1) is 17.3. The van der Waals surface area contributed by atoms with E-state index in [0.29, 0.717) is 0 Å². The molecule has 5 heteroatoms. The lowest BCUT2D eigenvalue weighted by Crippen LogP contribution is -2.30. The fourth-order valence-electron chi connectivity index (χ4n) is 4.62. The molecule has 0 aliphatic carbocycles. The van der Waals surface area contributed by atoms with Crippen LogP contribution in [0, 0.1) is 0 Å². The van der Waals surface area contributed by atoms with Gasteiger partial charge in [-0.25, -0.2) is 0 Å². The summed E-state index contributed by atoms with van der Waals surface area (Å²) in [4.78, 5) is 6.86. The van der Waals surface area contributed by atoms with Gasteiger partial charge in [0.15, 0.2) is 0 Å². The molecule has 2 aliphatic heterocycles. The van der Waals surface area contributed by atoms with Crippen molar-refractivity contribution in [2.75, 3.05) is 26.2 Å². The molecule has 2 aliphatic rings. The molecule has 0 unspecified atom stereocenters. The van der Waals surface area contributed by atoms with Gasteiger partial charge in [0.25, 0.3) is 0 Å². The first kappa shape index (κ1) is 25.2. The Morgan fingerprint density at radius 2 is 1.80 bits per heavy atom. The van der Waals surface area contributed by atoms with E-state index in [1.807, 2.05) is 18.3 Å². The van der Waals surface area contributed by atoms with Crippen LogP contribution in [0.5, 0.6) is 0 Å². The minimum absolute atomic E-state index is 0.788. The predicted octanol–water partition coefficient (Wildman–Crippen LogP) is 5.04. The molecule has 0 spiro atoms. The Hall–Kier alpha value is -2.89. The van der Waals surface area contributed by atoms with E-state index in [2.05, 4.69) is 80.7 Å². The monoisotopic (exact) mass is 471 g/mol. The fourth-order valence-corrected chi connectivity index (χ4v) is 4.62. The number of rotatable bonds is 6. The third kappa shape index (κ3) is 9.35. The molecule has 2 bridgehead atoms. The zero-order chi connectivity index (χ0) is 24.0. The minimum atomic E-state index is 0.788. The van der Waals surface area contributed by atoms with Crippen molar-refractivity contribution in [1.29, 1.82) is 0 Å². The van der Waals surface area contributed by atoms with Crippen molar-refractivity contribution in [3.8, 4) is 0 Å². The highest BCUT2D eigenvalue weighted by Crippen LogP contribution is 2.18. The summed E-state index contributed by atoms with van der Waals surface area (Å²) in [6.07, 6.45) is 18.5. The van der Waals surface area contributed by atoms with E-state index in [-0.39, 0.29) is 0 Å². The SMILES string of the molecule is C1=C2/C=C\CCCCCCNCCN(Cc3ccc(CNCc4ccccn4)cc3)/C=C(\CN1)C2. The van der Waals surface area contributed by atoms with Crippen LogP contribution in [-0.4, -0.2) is 36.1 Å². The van der Waals surface area contributed by atoms with Gasteiger partial charge in [0.05, 0.1) is 5.69 Å². The summed E-state index contributed by atoms with van der Waals surface area (Å²) < 4.78 is 0. The second-order valence-electron chi connectivity index (χ2n) is 9.63. The second-order valence-corrected chi connectivity index (χ2v) is 9.63. The smallest absolute Gasteiger partial charge is 0.0541 e. The van der Waals surface area contributed by atoms with E-state index in [1.54, 1.807) is 0 Å². The molecule has 0 saturated heterocycles. The van der Waals surface area contributed by atoms with Gasteiger partial charge in [0.2, 0.25) is 0 Å². The van der Waals surface area contributed by atoms with Crippen molar-refractivity contribution in [2.24, 2.45) is 0 Å². The summed E-state index contributed by atoms with van der Waals surface area (Å²) in [6.45, 7) is 6.67. The molecule has 0 amide bonds. The Kier molecular flexibility index (Phi) is 10.4. The number of fused-ring (bicyclic) bond motifs is 2. The molecule has 1 aromatic carbocycles. The molecule has 1 aromatic heterocycles. The molecule has 0 fully saturated rings. The summed E-state index contributed by atoms with van der Waals surface area (Å²) in [6, 6.07) is 15.1. The van der Waals surface area contributed by atoms with E-state index < -0.39 is 0 Å². The number of hydrogen-bond donors (Lipinski definition) is 3. The normalized spacial score (nSPS) is 20.3. The van der Waals surface area contributed by atoms with Crippen LogP contribution < -0.4 is 16.0 Å². The molecule has 0 radical (unpaired) electrons. The molecule has 4 rings (SSSR count). The number of aromatic nitrogens is 1. The molecule has 3 heterocycles. The maximum Gasteiger partial charge on any atom is 0.0541 e. The predicted molar refractivity (Wildman–Crippen MR) is 146 cm³/mol. The Morgan fingerprint density at radius 3 is 2.69 bits per heavy atom. The van der Waals surface area contributed by atoms with Gasteiger partial charge in [-0.05, 0) is 66.6 Å². The van der Waals surface area contributed by atoms with Crippen molar-refractivity contribution >= 4 is 0 Å². The Morgan fingerprint density at radius 1 is 0.914 bits per heavy atom. The van der Waals surface area contributed by atoms with Gasteiger partial charge in [-0.15, -0.1) is 0 Å². The van der Waals surface area contributed by atoms with Gasteiger partial charge < -0.3 is 20.9 Å². The zero-order valence-electron chi connectivity index (χ0n) is 21.0. The first-order valence-electron chi connectivity index (χ1n) is 13.3. The van der Waals surface area contributed by atoms with E-state index in [1.165, 1.54) is 54.4 Å². The van der Waals surface area contributed by atoms with Crippen LogP contribution in [0.3, 0.4) is 0 Å². The first-order valence-corrected chi connectivity index (χ1v) is 13.3. The number of hydrogen-bond acceptors (Lipinski definition) is 5. The van der Waals surface area contributed by atoms with Gasteiger partial charge in [0.1, 0.15) is 0 Å². The fraction of sp³-hybridized carbons (Fsp3) is 0.433. The van der Waals surface area contributed by atoms with Crippen LogP contribution in [0.25, 0.3) is 0 Å². The quantitative estimate of drug-likeness (QED) is 0.551.